The van der Waals surface area contributed by atoms with E-state index in [0.29, 0.717) is 16.7 Å². The van der Waals surface area contributed by atoms with E-state index >= 15 is 0 Å². The summed E-state index contributed by atoms with van der Waals surface area (Å²) in [5.74, 6) is 1.41. The van der Waals surface area contributed by atoms with Crippen LogP contribution in [-0.2, 0) is 10.5 Å². The lowest BCUT2D eigenvalue weighted by atomic mass is 10.2. The Morgan fingerprint density at radius 1 is 1.06 bits per heavy atom. The molecule has 0 aliphatic rings. The molecule has 3 rings (SSSR count). The van der Waals surface area contributed by atoms with Gasteiger partial charge in [0.25, 0.3) is 5.91 Å². The fourth-order valence-corrected chi connectivity index (χ4v) is 3.45. The summed E-state index contributed by atoms with van der Waals surface area (Å²) < 4.78 is 11.0. The first-order chi connectivity index (χ1) is 16.0. The van der Waals surface area contributed by atoms with Crippen molar-refractivity contribution in [2.24, 2.45) is 15.9 Å². The minimum absolute atomic E-state index is 0.141. The maximum absolute atomic E-state index is 12.2. The Morgan fingerprint density at radius 2 is 1.82 bits per heavy atom. The third kappa shape index (κ3) is 7.69. The number of hydrogen-bond acceptors (Lipinski definition) is 6. The molecule has 0 saturated carbocycles. The smallest absolute Gasteiger partial charge is 0.262 e. The molecule has 0 aliphatic carbocycles. The van der Waals surface area contributed by atoms with E-state index in [-0.39, 0.29) is 12.5 Å². The van der Waals surface area contributed by atoms with Gasteiger partial charge in [-0.2, -0.15) is 5.10 Å². The van der Waals surface area contributed by atoms with E-state index in [2.05, 4.69) is 15.5 Å². The number of aryl methyl sites for hydroxylation is 1. The molecule has 170 valence electrons. The third-order valence-corrected chi connectivity index (χ3v) is 5.41. The molecule has 0 aromatic heterocycles. The number of nitrogens with one attached hydrogen (secondary N) is 1. The zero-order chi connectivity index (χ0) is 23.5. The highest BCUT2D eigenvalue weighted by Crippen LogP contribution is 2.27. The largest absolute Gasteiger partial charge is 0.493 e. The summed E-state index contributed by atoms with van der Waals surface area (Å²) in [6.07, 6.45) is 1.58. The molecule has 0 unspecified atom stereocenters. The highest BCUT2D eigenvalue weighted by Gasteiger charge is 2.09. The molecule has 0 radical (unpaired) electrons. The molecule has 3 N–H and O–H groups in total. The fraction of sp³-hybridized carbons (Fsp3) is 0.160. The number of anilines is 1. The molecule has 3 aromatic rings. The van der Waals surface area contributed by atoms with Crippen molar-refractivity contribution in [3.63, 3.8) is 0 Å². The number of para-hydroxylation sites is 1. The summed E-state index contributed by atoms with van der Waals surface area (Å²) in [4.78, 5) is 12.2. The number of rotatable bonds is 9. The van der Waals surface area contributed by atoms with E-state index in [0.717, 1.165) is 28.1 Å². The Kier molecular flexibility index (Phi) is 8.90. The van der Waals surface area contributed by atoms with Crippen LogP contribution in [0.25, 0.3) is 0 Å². The van der Waals surface area contributed by atoms with Gasteiger partial charge in [-0.1, -0.05) is 60.3 Å². The summed E-state index contributed by atoms with van der Waals surface area (Å²) in [5, 5.41) is 11.3. The topological polar surface area (TPSA) is 98.3 Å². The van der Waals surface area contributed by atoms with Gasteiger partial charge in [0.15, 0.2) is 23.3 Å². The number of carbonyl (C=O) groups excluding carboxylic acids is 1. The van der Waals surface area contributed by atoms with Gasteiger partial charge in [-0.05, 0) is 47.9 Å². The first-order valence-corrected chi connectivity index (χ1v) is 11.2. The predicted octanol–water partition coefficient (Wildman–Crippen LogP) is 4.60. The quantitative estimate of drug-likeness (QED) is 0.275. The van der Waals surface area contributed by atoms with Gasteiger partial charge in [0.2, 0.25) is 0 Å². The van der Waals surface area contributed by atoms with Crippen molar-refractivity contribution in [3.05, 3.63) is 89.5 Å². The SMILES string of the molecule is COc1cc(C=NN=C(N)SCc2ccccc2)ccc1OCC(=O)Nc1ccccc1C. The second-order valence-corrected chi connectivity index (χ2v) is 8.01. The number of methoxy groups -OCH3 is 1. The standard InChI is InChI=1S/C25H26N4O3S/c1-18-8-6-7-11-21(18)28-24(30)16-32-22-13-12-20(14-23(22)31-2)15-27-29-25(26)33-17-19-9-4-3-5-10-19/h3-15H,16-17H2,1-2H3,(H2,26,29)(H,28,30). The Bertz CT molecular complexity index is 1130. The average molecular weight is 463 g/mol. The number of ether oxygens (including phenoxy) is 2. The van der Waals surface area contributed by atoms with Crippen LogP contribution >= 0.6 is 11.8 Å². The minimum atomic E-state index is -0.255. The molecule has 0 atom stereocenters. The van der Waals surface area contributed by atoms with Gasteiger partial charge < -0.3 is 20.5 Å². The van der Waals surface area contributed by atoms with E-state index in [1.54, 1.807) is 24.4 Å². The molecule has 7 nitrogen and oxygen atoms in total. The van der Waals surface area contributed by atoms with Crippen LogP contribution in [0, 0.1) is 6.92 Å². The lowest BCUT2D eigenvalue weighted by Gasteiger charge is -2.12. The molecule has 3 aromatic carbocycles. The lowest BCUT2D eigenvalue weighted by molar-refractivity contribution is -0.118. The van der Waals surface area contributed by atoms with Gasteiger partial charge in [0.05, 0.1) is 13.3 Å². The molecule has 0 aliphatic heterocycles. The lowest BCUT2D eigenvalue weighted by Crippen LogP contribution is -2.20. The number of nitrogens with zero attached hydrogens (tertiary/aromatic N) is 2. The molecule has 0 heterocycles. The Morgan fingerprint density at radius 3 is 2.58 bits per heavy atom. The molecule has 33 heavy (non-hydrogen) atoms. The Balaban J connectivity index is 1.54. The van der Waals surface area contributed by atoms with Crippen molar-refractivity contribution in [3.8, 4) is 11.5 Å². The highest BCUT2D eigenvalue weighted by molar-refractivity contribution is 8.13. The highest BCUT2D eigenvalue weighted by atomic mass is 32.2. The molecular formula is C25H26N4O3S. The van der Waals surface area contributed by atoms with Gasteiger partial charge >= 0.3 is 0 Å². The van der Waals surface area contributed by atoms with E-state index in [1.807, 2.05) is 61.5 Å². The zero-order valence-corrected chi connectivity index (χ0v) is 19.3. The molecular weight excluding hydrogens is 436 g/mol. The first-order valence-electron chi connectivity index (χ1n) is 10.2. The van der Waals surface area contributed by atoms with Gasteiger partial charge in [-0.15, -0.1) is 5.10 Å². The van der Waals surface area contributed by atoms with Crippen LogP contribution in [0.3, 0.4) is 0 Å². The zero-order valence-electron chi connectivity index (χ0n) is 18.5. The number of amidine groups is 1. The van der Waals surface area contributed by atoms with Gasteiger partial charge in [0, 0.05) is 11.4 Å². The summed E-state index contributed by atoms with van der Waals surface area (Å²) in [6.45, 7) is 1.79. The number of benzene rings is 3. The maximum atomic E-state index is 12.2. The summed E-state index contributed by atoms with van der Waals surface area (Å²) >= 11 is 1.42. The Hall–Kier alpha value is -3.78. The van der Waals surface area contributed by atoms with Crippen LogP contribution in [0.4, 0.5) is 5.69 Å². The number of carbonyl (C=O) groups is 1. The summed E-state index contributed by atoms with van der Waals surface area (Å²) in [6, 6.07) is 22.8. The van der Waals surface area contributed by atoms with Gasteiger partial charge in [0.1, 0.15) is 0 Å². The Labute approximate surface area is 197 Å². The fourth-order valence-electron chi connectivity index (χ4n) is 2.84. The predicted molar refractivity (Wildman–Crippen MR) is 135 cm³/mol. The normalized spacial score (nSPS) is 11.4. The number of amides is 1. The van der Waals surface area contributed by atoms with Crippen LogP contribution in [0.2, 0.25) is 0 Å². The van der Waals surface area contributed by atoms with Crippen molar-refractivity contribution in [1.82, 2.24) is 0 Å². The van der Waals surface area contributed by atoms with Crippen molar-refractivity contribution < 1.29 is 14.3 Å². The van der Waals surface area contributed by atoms with Crippen LogP contribution < -0.4 is 20.5 Å². The number of nitrogens with two attached hydrogens (primary N) is 1. The number of hydrogen-bond donors (Lipinski definition) is 2. The van der Waals surface area contributed by atoms with Crippen LogP contribution in [0.15, 0.2) is 83.0 Å². The van der Waals surface area contributed by atoms with Crippen molar-refractivity contribution in [2.75, 3.05) is 19.0 Å². The molecule has 1 amide bonds. The minimum Gasteiger partial charge on any atom is -0.493 e. The first kappa shape index (κ1) is 23.9. The summed E-state index contributed by atoms with van der Waals surface area (Å²) in [5.41, 5.74) is 9.57. The second-order valence-electron chi connectivity index (χ2n) is 7.02. The number of thioether (sulfide) groups is 1. The van der Waals surface area contributed by atoms with Crippen LogP contribution in [0.5, 0.6) is 11.5 Å². The van der Waals surface area contributed by atoms with Crippen molar-refractivity contribution >= 4 is 34.7 Å². The maximum Gasteiger partial charge on any atom is 0.262 e. The van der Waals surface area contributed by atoms with Crippen molar-refractivity contribution in [1.29, 1.82) is 0 Å². The molecule has 0 saturated heterocycles. The summed E-state index contributed by atoms with van der Waals surface area (Å²) in [7, 11) is 1.53. The second kappa shape index (κ2) is 12.3. The average Bonchev–Trinajstić information content (AvgIpc) is 2.84. The van der Waals surface area contributed by atoms with E-state index in [1.165, 1.54) is 18.9 Å². The molecule has 8 heteroatoms. The molecule has 0 spiro atoms. The van der Waals surface area contributed by atoms with E-state index < -0.39 is 0 Å². The van der Waals surface area contributed by atoms with Gasteiger partial charge in [-0.3, -0.25) is 4.79 Å². The molecule has 0 fully saturated rings. The van der Waals surface area contributed by atoms with Crippen LogP contribution in [-0.4, -0.2) is 31.0 Å². The monoisotopic (exact) mass is 462 g/mol. The van der Waals surface area contributed by atoms with Crippen molar-refractivity contribution in [2.45, 2.75) is 12.7 Å². The van der Waals surface area contributed by atoms with E-state index in [9.17, 15) is 4.79 Å². The van der Waals surface area contributed by atoms with Crippen LogP contribution in [0.1, 0.15) is 16.7 Å². The molecule has 0 bridgehead atoms. The van der Waals surface area contributed by atoms with E-state index in [4.69, 9.17) is 15.2 Å². The third-order valence-electron chi connectivity index (χ3n) is 4.56. The van der Waals surface area contributed by atoms with Gasteiger partial charge in [-0.25, -0.2) is 0 Å².